The molecule has 0 saturated carbocycles. The van der Waals surface area contributed by atoms with Crippen molar-refractivity contribution in [2.24, 2.45) is 5.73 Å². The number of rotatable bonds is 5. The lowest BCUT2D eigenvalue weighted by molar-refractivity contribution is 0.589. The maximum absolute atomic E-state index is 13.8. The first-order valence-electron chi connectivity index (χ1n) is 11.6. The summed E-state index contributed by atoms with van der Waals surface area (Å²) in [6, 6.07) is 33.6. The van der Waals surface area contributed by atoms with Gasteiger partial charge in [-0.3, -0.25) is 0 Å². The van der Waals surface area contributed by atoms with Crippen LogP contribution in [-0.2, 0) is 16.4 Å². The van der Waals surface area contributed by atoms with Crippen LogP contribution in [0.15, 0.2) is 114 Å². The second-order valence-corrected chi connectivity index (χ2v) is 10.6. The Kier molecular flexibility index (Phi) is 6.31. The van der Waals surface area contributed by atoms with Crippen LogP contribution in [-0.4, -0.2) is 18.9 Å². The van der Waals surface area contributed by atoms with Gasteiger partial charge in [0.1, 0.15) is 0 Å². The van der Waals surface area contributed by atoms with Crippen LogP contribution in [0.1, 0.15) is 5.56 Å². The molecular weight excluding hydrogens is 488 g/mol. The van der Waals surface area contributed by atoms with Gasteiger partial charge >= 0.3 is 0 Å². The van der Waals surface area contributed by atoms with Crippen molar-refractivity contribution in [3.05, 3.63) is 115 Å². The van der Waals surface area contributed by atoms with Crippen LogP contribution in [0.5, 0.6) is 0 Å². The van der Waals surface area contributed by atoms with E-state index >= 15 is 0 Å². The predicted octanol–water partition coefficient (Wildman–Crippen LogP) is 6.77. The first-order valence-corrected chi connectivity index (χ1v) is 13.1. The number of halogens is 1. The largest absolute Gasteiger partial charge is 0.330 e. The van der Waals surface area contributed by atoms with Gasteiger partial charge in [-0.2, -0.15) is 0 Å². The monoisotopic (exact) mass is 512 g/mol. The lowest BCUT2D eigenvalue weighted by Crippen LogP contribution is -2.12. The summed E-state index contributed by atoms with van der Waals surface area (Å²) >= 11 is 0. The van der Waals surface area contributed by atoms with Crippen molar-refractivity contribution >= 4 is 54.9 Å². The van der Waals surface area contributed by atoms with Crippen LogP contribution in [0, 0.1) is 0 Å². The molecular formula is C30H25ClN2O2S. The maximum atomic E-state index is 13.8. The molecule has 0 aliphatic rings. The maximum Gasteiger partial charge on any atom is 0.268 e. The lowest BCUT2D eigenvalue weighted by atomic mass is 9.96. The van der Waals surface area contributed by atoms with E-state index in [9.17, 15) is 8.42 Å². The van der Waals surface area contributed by atoms with Gasteiger partial charge in [-0.15, -0.1) is 12.4 Å². The summed E-state index contributed by atoms with van der Waals surface area (Å²) in [5.74, 6) is 0. The zero-order valence-electron chi connectivity index (χ0n) is 19.5. The summed E-state index contributed by atoms with van der Waals surface area (Å²) in [6.45, 7) is 0.438. The van der Waals surface area contributed by atoms with Crippen molar-refractivity contribution in [3.8, 4) is 11.1 Å². The van der Waals surface area contributed by atoms with Gasteiger partial charge in [0.2, 0.25) is 0 Å². The summed E-state index contributed by atoms with van der Waals surface area (Å²) in [7, 11) is -3.79. The Hall–Kier alpha value is -3.64. The molecule has 0 unspecified atom stereocenters. The molecule has 0 fully saturated rings. The van der Waals surface area contributed by atoms with Crippen LogP contribution in [0.25, 0.3) is 43.6 Å². The first-order chi connectivity index (χ1) is 17.1. The highest BCUT2D eigenvalue weighted by molar-refractivity contribution is 7.90. The van der Waals surface area contributed by atoms with Crippen molar-refractivity contribution in [2.75, 3.05) is 6.54 Å². The van der Waals surface area contributed by atoms with Gasteiger partial charge in [0.15, 0.2) is 0 Å². The fourth-order valence-electron chi connectivity index (χ4n) is 4.91. The Morgan fingerprint density at radius 3 is 2.22 bits per heavy atom. The van der Waals surface area contributed by atoms with Gasteiger partial charge in [-0.05, 0) is 75.5 Å². The number of hydrogen-bond donors (Lipinski definition) is 1. The van der Waals surface area contributed by atoms with Crippen molar-refractivity contribution < 1.29 is 8.42 Å². The van der Waals surface area contributed by atoms with E-state index < -0.39 is 10.0 Å². The second-order valence-electron chi connectivity index (χ2n) is 8.76. The molecule has 1 heterocycles. The molecule has 0 aliphatic heterocycles. The zero-order chi connectivity index (χ0) is 24.0. The number of nitrogens with two attached hydrogens (primary N) is 1. The molecule has 6 aromatic rings. The minimum atomic E-state index is -3.79. The van der Waals surface area contributed by atoms with Crippen LogP contribution < -0.4 is 5.73 Å². The van der Waals surface area contributed by atoms with Gasteiger partial charge < -0.3 is 5.73 Å². The van der Waals surface area contributed by atoms with Crippen LogP contribution in [0.4, 0.5) is 0 Å². The van der Waals surface area contributed by atoms with Gasteiger partial charge in [0.05, 0.1) is 10.4 Å². The highest BCUT2D eigenvalue weighted by Gasteiger charge is 2.22. The van der Waals surface area contributed by atoms with E-state index in [2.05, 4.69) is 36.4 Å². The van der Waals surface area contributed by atoms with Crippen LogP contribution >= 0.6 is 12.4 Å². The lowest BCUT2D eigenvalue weighted by Gasteiger charge is -2.10. The Morgan fingerprint density at radius 1 is 0.694 bits per heavy atom. The topological polar surface area (TPSA) is 65.1 Å². The first kappa shape index (κ1) is 24.1. The van der Waals surface area contributed by atoms with Crippen molar-refractivity contribution in [1.82, 2.24) is 3.97 Å². The molecule has 6 heteroatoms. The number of fused-ring (bicyclic) bond motifs is 3. The molecule has 0 saturated heterocycles. The van der Waals surface area contributed by atoms with E-state index in [1.165, 1.54) is 9.36 Å². The SMILES string of the molecule is Cl.NCCc1cn(S(=O)(=O)c2ccc3ccccc3c2)c2ccc(-c3cccc4ccccc34)cc12. The van der Waals surface area contributed by atoms with E-state index in [-0.39, 0.29) is 17.3 Å². The number of nitrogens with zero attached hydrogens (tertiary/aromatic N) is 1. The van der Waals surface area contributed by atoms with E-state index in [4.69, 9.17) is 5.73 Å². The summed E-state index contributed by atoms with van der Waals surface area (Å²) in [5, 5.41) is 5.14. The predicted molar refractivity (Wildman–Crippen MR) is 151 cm³/mol. The molecule has 0 radical (unpaired) electrons. The average molecular weight is 513 g/mol. The second kappa shape index (κ2) is 9.43. The normalized spacial score (nSPS) is 11.7. The van der Waals surface area contributed by atoms with Gasteiger partial charge in [0, 0.05) is 11.6 Å². The molecule has 1 aromatic heterocycles. The van der Waals surface area contributed by atoms with Crippen molar-refractivity contribution in [3.63, 3.8) is 0 Å². The van der Waals surface area contributed by atoms with Gasteiger partial charge in [0.25, 0.3) is 10.0 Å². The molecule has 180 valence electrons. The third kappa shape index (κ3) is 3.95. The molecule has 0 bridgehead atoms. The molecule has 0 aliphatic carbocycles. The van der Waals surface area contributed by atoms with E-state index in [1.54, 1.807) is 18.3 Å². The highest BCUT2D eigenvalue weighted by Crippen LogP contribution is 2.34. The zero-order valence-corrected chi connectivity index (χ0v) is 21.1. The average Bonchev–Trinajstić information content (AvgIpc) is 3.27. The molecule has 2 N–H and O–H groups in total. The molecule has 6 rings (SSSR count). The van der Waals surface area contributed by atoms with Crippen molar-refractivity contribution in [1.29, 1.82) is 0 Å². The van der Waals surface area contributed by atoms with Gasteiger partial charge in [-0.1, -0.05) is 78.9 Å². The summed E-state index contributed by atoms with van der Waals surface area (Å²) in [5.41, 5.74) is 9.66. The van der Waals surface area contributed by atoms with E-state index in [0.29, 0.717) is 18.5 Å². The number of benzene rings is 5. The van der Waals surface area contributed by atoms with E-state index in [0.717, 1.165) is 38.2 Å². The number of hydrogen-bond acceptors (Lipinski definition) is 3. The Morgan fingerprint density at radius 2 is 1.42 bits per heavy atom. The van der Waals surface area contributed by atoms with Crippen LogP contribution in [0.2, 0.25) is 0 Å². The molecule has 0 spiro atoms. The smallest absolute Gasteiger partial charge is 0.268 e. The third-order valence-corrected chi connectivity index (χ3v) is 8.31. The Balaban J connectivity index is 0.00000267. The molecule has 5 aromatic carbocycles. The Bertz CT molecular complexity index is 1840. The van der Waals surface area contributed by atoms with E-state index in [1.807, 2.05) is 54.6 Å². The number of aromatic nitrogens is 1. The minimum Gasteiger partial charge on any atom is -0.330 e. The summed E-state index contributed by atoms with van der Waals surface area (Å²) < 4.78 is 28.9. The quantitative estimate of drug-likeness (QED) is 0.277. The van der Waals surface area contributed by atoms with Gasteiger partial charge in [-0.25, -0.2) is 12.4 Å². The standard InChI is InChI=1S/C30H24N2O2S.ClH/c31-17-16-25-20-32(35(33,34)26-14-12-21-6-1-2-8-23(21)18-26)30-15-13-24(19-29(25)30)28-11-5-9-22-7-3-4-10-27(22)28;/h1-15,18-20H,16-17,31H2;1H. The fourth-order valence-corrected chi connectivity index (χ4v) is 6.33. The minimum absolute atomic E-state index is 0. The van der Waals surface area contributed by atoms with Crippen molar-refractivity contribution in [2.45, 2.75) is 11.3 Å². The molecule has 0 atom stereocenters. The fraction of sp³-hybridized carbons (Fsp3) is 0.0667. The molecule has 36 heavy (non-hydrogen) atoms. The van der Waals surface area contributed by atoms with Crippen LogP contribution in [0.3, 0.4) is 0 Å². The molecule has 0 amide bonds. The third-order valence-electron chi connectivity index (χ3n) is 6.65. The summed E-state index contributed by atoms with van der Waals surface area (Å²) in [6.07, 6.45) is 2.32. The Labute approximate surface area is 216 Å². The highest BCUT2D eigenvalue weighted by atomic mass is 35.5. The molecule has 4 nitrogen and oxygen atoms in total. The summed E-state index contributed by atoms with van der Waals surface area (Å²) in [4.78, 5) is 0.269.